The Bertz CT molecular complexity index is 1140. The summed E-state index contributed by atoms with van der Waals surface area (Å²) in [6.45, 7) is 7.93. The van der Waals surface area contributed by atoms with Crippen molar-refractivity contribution in [3.05, 3.63) is 36.0 Å². The van der Waals surface area contributed by atoms with Gasteiger partial charge in [0.15, 0.2) is 0 Å². The van der Waals surface area contributed by atoms with Crippen LogP contribution >= 0.6 is 0 Å². The van der Waals surface area contributed by atoms with E-state index in [1.54, 1.807) is 13.1 Å². The molecule has 6 atom stereocenters. The van der Waals surface area contributed by atoms with Crippen molar-refractivity contribution in [1.82, 2.24) is 20.9 Å². The molecule has 11 nitrogen and oxygen atoms in total. The fourth-order valence-electron chi connectivity index (χ4n) is 4.48. The van der Waals surface area contributed by atoms with Gasteiger partial charge in [0.2, 0.25) is 17.7 Å². The molecular weight excluding hydrogens is 512 g/mol. The molecule has 1 aromatic heterocycles. The summed E-state index contributed by atoms with van der Waals surface area (Å²) in [5.74, 6) is -3.11. The number of fused-ring (bicyclic) bond motifs is 1. The molecule has 2 aromatic rings. The van der Waals surface area contributed by atoms with E-state index in [0.29, 0.717) is 38.6 Å². The second-order valence-corrected chi connectivity index (χ2v) is 10.6. The molecule has 40 heavy (non-hydrogen) atoms. The molecule has 0 saturated heterocycles. The lowest BCUT2D eigenvalue weighted by Gasteiger charge is -2.28. The van der Waals surface area contributed by atoms with Gasteiger partial charge in [-0.25, -0.2) is 4.79 Å². The van der Waals surface area contributed by atoms with Gasteiger partial charge >= 0.3 is 5.97 Å². The zero-order valence-corrected chi connectivity index (χ0v) is 24.0. The molecule has 0 saturated carbocycles. The SMILES string of the molecule is CCC(C)C(N)C(=O)NC(CCCCN)C(=O)NC(C(=O)NC(Cc1c[nH]c2ccccc12)C(=O)O)C(C)CC. The summed E-state index contributed by atoms with van der Waals surface area (Å²) >= 11 is 0. The van der Waals surface area contributed by atoms with E-state index in [1.807, 2.05) is 45.0 Å². The summed E-state index contributed by atoms with van der Waals surface area (Å²) < 4.78 is 0. The molecule has 0 bridgehead atoms. The monoisotopic (exact) mass is 558 g/mol. The number of rotatable bonds is 17. The summed E-state index contributed by atoms with van der Waals surface area (Å²) in [4.78, 5) is 54.8. The largest absolute Gasteiger partial charge is 0.480 e. The van der Waals surface area contributed by atoms with E-state index in [9.17, 15) is 24.3 Å². The van der Waals surface area contributed by atoms with Crippen LogP contribution in [0.5, 0.6) is 0 Å². The molecule has 0 radical (unpaired) electrons. The Morgan fingerprint density at radius 1 is 0.900 bits per heavy atom. The molecular formula is C29H46N6O5. The van der Waals surface area contributed by atoms with Crippen LogP contribution in [0.15, 0.2) is 30.5 Å². The minimum atomic E-state index is -1.20. The summed E-state index contributed by atoms with van der Waals surface area (Å²) in [6, 6.07) is 3.63. The number of para-hydroxylation sites is 1. The number of aromatic nitrogens is 1. The van der Waals surface area contributed by atoms with Crippen LogP contribution in [-0.2, 0) is 25.6 Å². The van der Waals surface area contributed by atoms with Gasteiger partial charge in [-0.3, -0.25) is 14.4 Å². The Balaban J connectivity index is 2.20. The van der Waals surface area contributed by atoms with Gasteiger partial charge in [-0.2, -0.15) is 0 Å². The molecule has 0 aliphatic rings. The van der Waals surface area contributed by atoms with Gasteiger partial charge in [0.05, 0.1) is 6.04 Å². The number of hydrogen-bond donors (Lipinski definition) is 7. The molecule has 0 spiro atoms. The molecule has 1 heterocycles. The Morgan fingerprint density at radius 2 is 1.55 bits per heavy atom. The van der Waals surface area contributed by atoms with Crippen LogP contribution < -0.4 is 27.4 Å². The van der Waals surface area contributed by atoms with E-state index in [-0.39, 0.29) is 18.3 Å². The number of amides is 3. The molecule has 0 aliphatic carbocycles. The summed E-state index contributed by atoms with van der Waals surface area (Å²) in [6.07, 6.45) is 4.66. The lowest BCUT2D eigenvalue weighted by Crippen LogP contribution is -2.59. The van der Waals surface area contributed by atoms with E-state index in [4.69, 9.17) is 11.5 Å². The van der Waals surface area contributed by atoms with Crippen molar-refractivity contribution in [2.24, 2.45) is 23.3 Å². The zero-order valence-electron chi connectivity index (χ0n) is 24.0. The number of aromatic amines is 1. The molecule has 6 unspecified atom stereocenters. The number of carboxylic acid groups (broad SMARTS) is 1. The average Bonchev–Trinajstić information content (AvgIpc) is 3.36. The van der Waals surface area contributed by atoms with Crippen LogP contribution in [0.2, 0.25) is 0 Å². The minimum absolute atomic E-state index is 0.0670. The maximum Gasteiger partial charge on any atom is 0.326 e. The molecule has 1 aromatic carbocycles. The van der Waals surface area contributed by atoms with Crippen LogP contribution in [0.1, 0.15) is 65.4 Å². The molecule has 9 N–H and O–H groups in total. The second-order valence-electron chi connectivity index (χ2n) is 10.6. The van der Waals surface area contributed by atoms with Crippen molar-refractivity contribution in [1.29, 1.82) is 0 Å². The number of carboxylic acids is 1. The van der Waals surface area contributed by atoms with Crippen molar-refractivity contribution in [3.63, 3.8) is 0 Å². The van der Waals surface area contributed by atoms with Gasteiger partial charge in [-0.15, -0.1) is 0 Å². The van der Waals surface area contributed by atoms with E-state index in [1.165, 1.54) is 0 Å². The van der Waals surface area contributed by atoms with Gasteiger partial charge < -0.3 is 37.5 Å². The normalized spacial score (nSPS) is 15.8. The molecule has 2 rings (SSSR count). The van der Waals surface area contributed by atoms with Crippen molar-refractivity contribution in [2.75, 3.05) is 6.54 Å². The number of unbranched alkanes of at least 4 members (excludes halogenated alkanes) is 1. The summed E-state index contributed by atoms with van der Waals surface area (Å²) in [5.41, 5.74) is 13.3. The first-order valence-corrected chi connectivity index (χ1v) is 14.2. The first-order chi connectivity index (χ1) is 19.0. The number of carbonyl (C=O) groups excluding carboxylic acids is 3. The Morgan fingerprint density at radius 3 is 2.17 bits per heavy atom. The van der Waals surface area contributed by atoms with E-state index in [0.717, 1.165) is 16.5 Å². The highest BCUT2D eigenvalue weighted by atomic mass is 16.4. The quantitative estimate of drug-likeness (QED) is 0.144. The van der Waals surface area contributed by atoms with Crippen molar-refractivity contribution < 1.29 is 24.3 Å². The third kappa shape index (κ3) is 9.06. The van der Waals surface area contributed by atoms with E-state index >= 15 is 0 Å². The van der Waals surface area contributed by atoms with Gasteiger partial charge in [0, 0.05) is 23.5 Å². The van der Waals surface area contributed by atoms with Gasteiger partial charge in [0.25, 0.3) is 0 Å². The van der Waals surface area contributed by atoms with E-state index in [2.05, 4.69) is 20.9 Å². The number of benzene rings is 1. The Labute approximate surface area is 236 Å². The van der Waals surface area contributed by atoms with E-state index < -0.39 is 47.9 Å². The summed E-state index contributed by atoms with van der Waals surface area (Å²) in [5, 5.41) is 18.9. The fraction of sp³-hybridized carbons (Fsp3) is 0.586. The highest BCUT2D eigenvalue weighted by Gasteiger charge is 2.33. The first-order valence-electron chi connectivity index (χ1n) is 14.2. The van der Waals surface area contributed by atoms with Crippen molar-refractivity contribution in [3.8, 4) is 0 Å². The van der Waals surface area contributed by atoms with Crippen molar-refractivity contribution >= 4 is 34.6 Å². The predicted molar refractivity (Wildman–Crippen MR) is 155 cm³/mol. The molecule has 0 aliphatic heterocycles. The maximum absolute atomic E-state index is 13.4. The third-order valence-electron chi connectivity index (χ3n) is 7.65. The van der Waals surface area contributed by atoms with Crippen LogP contribution in [0, 0.1) is 11.8 Å². The van der Waals surface area contributed by atoms with Crippen LogP contribution in [0.25, 0.3) is 10.9 Å². The zero-order chi connectivity index (χ0) is 29.8. The lowest BCUT2D eigenvalue weighted by atomic mass is 9.96. The van der Waals surface area contributed by atoms with Crippen LogP contribution in [0.3, 0.4) is 0 Å². The standard InChI is InChI=1S/C29H46N6O5/c1-5-17(3)24(31)27(37)33-22(13-9-10-14-30)26(36)35-25(18(4)6-2)28(38)34-23(29(39)40)15-19-16-32-21-12-8-7-11-20(19)21/h7-8,11-12,16-18,22-25,32H,5-6,9-10,13-15,30-31H2,1-4H3,(H,33,37)(H,34,38)(H,35,36)(H,39,40). The number of nitrogens with two attached hydrogens (primary N) is 2. The number of aliphatic carboxylic acids is 1. The highest BCUT2D eigenvalue weighted by molar-refractivity contribution is 5.94. The number of carbonyl (C=O) groups is 4. The smallest absolute Gasteiger partial charge is 0.326 e. The first kappa shape index (κ1) is 32.8. The molecule has 11 heteroatoms. The van der Waals surface area contributed by atoms with Gasteiger partial charge in [-0.05, 0) is 49.3 Å². The Kier molecular flexibility index (Phi) is 13.1. The maximum atomic E-state index is 13.4. The van der Waals surface area contributed by atoms with Gasteiger partial charge in [-0.1, -0.05) is 58.7 Å². The Hall–Kier alpha value is -3.44. The molecule has 222 valence electrons. The van der Waals surface area contributed by atoms with Crippen molar-refractivity contribution in [2.45, 2.75) is 90.4 Å². The van der Waals surface area contributed by atoms with Gasteiger partial charge in [0.1, 0.15) is 18.1 Å². The summed E-state index contributed by atoms with van der Waals surface area (Å²) in [7, 11) is 0. The predicted octanol–water partition coefficient (Wildman–Crippen LogP) is 1.80. The second kappa shape index (κ2) is 16.0. The highest BCUT2D eigenvalue weighted by Crippen LogP contribution is 2.19. The molecule has 3 amide bonds. The lowest BCUT2D eigenvalue weighted by molar-refractivity contribution is -0.142. The average molecular weight is 559 g/mol. The van der Waals surface area contributed by atoms with Crippen LogP contribution in [-0.4, -0.2) is 64.5 Å². The topological polar surface area (TPSA) is 192 Å². The minimum Gasteiger partial charge on any atom is -0.480 e. The molecule has 0 fully saturated rings. The number of nitrogens with one attached hydrogen (secondary N) is 4. The number of H-pyrrole nitrogens is 1. The fourth-order valence-corrected chi connectivity index (χ4v) is 4.48. The third-order valence-corrected chi connectivity index (χ3v) is 7.65. The number of hydrogen-bond acceptors (Lipinski definition) is 6. The van der Waals surface area contributed by atoms with Crippen LogP contribution in [0.4, 0.5) is 0 Å².